The van der Waals surface area contributed by atoms with Crippen LogP contribution < -0.4 is 0 Å². The maximum Gasteiger partial charge on any atom is 0.312 e. The van der Waals surface area contributed by atoms with Crippen molar-refractivity contribution in [1.29, 1.82) is 0 Å². The number of esters is 1. The van der Waals surface area contributed by atoms with Crippen LogP contribution in [0.3, 0.4) is 0 Å². The van der Waals surface area contributed by atoms with Crippen LogP contribution in [0.4, 0.5) is 0 Å². The van der Waals surface area contributed by atoms with E-state index in [-0.39, 0.29) is 29.3 Å². The lowest BCUT2D eigenvalue weighted by Crippen LogP contribution is -2.26. The second-order valence-electron chi connectivity index (χ2n) is 4.58. The lowest BCUT2D eigenvalue weighted by Gasteiger charge is -2.19. The zero-order valence-electron chi connectivity index (χ0n) is 8.61. The van der Waals surface area contributed by atoms with Gasteiger partial charge < -0.3 is 9.47 Å². The van der Waals surface area contributed by atoms with Gasteiger partial charge in [-0.15, -0.1) is 6.42 Å². The third-order valence-electron chi connectivity index (χ3n) is 3.26. The Hall–Kier alpha value is -1.01. The molecule has 0 aromatic heterocycles. The van der Waals surface area contributed by atoms with Gasteiger partial charge in [-0.05, 0) is 12.3 Å². The monoisotopic (exact) mass is 194 g/mol. The SMILES string of the molecule is C#CC(C)O[C@@H]1OC(=O)[C@@H]2[C@H]1C2(C)C. The first-order chi connectivity index (χ1) is 6.48. The van der Waals surface area contributed by atoms with Crippen molar-refractivity contribution in [3.63, 3.8) is 0 Å². The molecule has 2 aliphatic rings. The molecule has 1 saturated heterocycles. The summed E-state index contributed by atoms with van der Waals surface area (Å²) < 4.78 is 10.5. The van der Waals surface area contributed by atoms with Crippen molar-refractivity contribution < 1.29 is 14.3 Å². The molecule has 1 aliphatic heterocycles. The minimum atomic E-state index is -0.437. The second kappa shape index (κ2) is 2.74. The number of ether oxygens (including phenoxy) is 2. The van der Waals surface area contributed by atoms with Gasteiger partial charge in [-0.1, -0.05) is 19.8 Å². The first-order valence-corrected chi connectivity index (χ1v) is 4.80. The third kappa shape index (κ3) is 1.14. The van der Waals surface area contributed by atoms with E-state index < -0.39 is 6.29 Å². The Bertz CT molecular complexity index is 313. The molecule has 76 valence electrons. The highest BCUT2D eigenvalue weighted by Gasteiger charge is 2.72. The van der Waals surface area contributed by atoms with Gasteiger partial charge in [-0.3, -0.25) is 4.79 Å². The van der Waals surface area contributed by atoms with E-state index in [1.54, 1.807) is 6.92 Å². The van der Waals surface area contributed by atoms with Crippen LogP contribution in [-0.4, -0.2) is 18.4 Å². The predicted octanol–water partition coefficient (Wildman–Crippen LogP) is 1.18. The van der Waals surface area contributed by atoms with E-state index in [0.717, 1.165) is 0 Å². The van der Waals surface area contributed by atoms with E-state index in [0.29, 0.717) is 0 Å². The Morgan fingerprint density at radius 2 is 2.29 bits per heavy atom. The summed E-state index contributed by atoms with van der Waals surface area (Å²) in [7, 11) is 0. The Balaban J connectivity index is 2.04. The Morgan fingerprint density at radius 1 is 1.64 bits per heavy atom. The van der Waals surface area contributed by atoms with Crippen LogP contribution in [0.1, 0.15) is 20.8 Å². The molecule has 0 aromatic carbocycles. The van der Waals surface area contributed by atoms with Crippen molar-refractivity contribution in [3.8, 4) is 12.3 Å². The van der Waals surface area contributed by atoms with E-state index in [2.05, 4.69) is 19.8 Å². The molecule has 4 atom stereocenters. The molecule has 0 amide bonds. The molecule has 0 bridgehead atoms. The molecule has 0 radical (unpaired) electrons. The van der Waals surface area contributed by atoms with Gasteiger partial charge in [0.15, 0.2) is 0 Å². The lowest BCUT2D eigenvalue weighted by atomic mass is 10.1. The normalized spacial score (nSPS) is 39.6. The number of hydrogen-bond donors (Lipinski definition) is 0. The zero-order valence-corrected chi connectivity index (χ0v) is 8.61. The summed E-state index contributed by atoms with van der Waals surface area (Å²) in [6.45, 7) is 5.88. The van der Waals surface area contributed by atoms with Gasteiger partial charge >= 0.3 is 5.97 Å². The van der Waals surface area contributed by atoms with E-state index in [1.165, 1.54) is 0 Å². The third-order valence-corrected chi connectivity index (χ3v) is 3.26. The van der Waals surface area contributed by atoms with Crippen LogP contribution in [0, 0.1) is 29.6 Å². The van der Waals surface area contributed by atoms with E-state index >= 15 is 0 Å². The largest absolute Gasteiger partial charge is 0.435 e. The van der Waals surface area contributed by atoms with Crippen molar-refractivity contribution in [2.24, 2.45) is 17.3 Å². The van der Waals surface area contributed by atoms with Crippen LogP contribution in [0.15, 0.2) is 0 Å². The topological polar surface area (TPSA) is 35.5 Å². The first-order valence-electron chi connectivity index (χ1n) is 4.80. The molecule has 1 unspecified atom stereocenters. The number of terminal acetylenes is 1. The van der Waals surface area contributed by atoms with Crippen LogP contribution in [0.25, 0.3) is 0 Å². The average molecular weight is 194 g/mol. The summed E-state index contributed by atoms with van der Waals surface area (Å²) in [5, 5.41) is 0. The van der Waals surface area contributed by atoms with E-state index in [4.69, 9.17) is 15.9 Å². The summed E-state index contributed by atoms with van der Waals surface area (Å²) in [5.74, 6) is 2.51. The van der Waals surface area contributed by atoms with Crippen molar-refractivity contribution in [1.82, 2.24) is 0 Å². The number of carbonyl (C=O) groups excluding carboxylic acids is 1. The smallest absolute Gasteiger partial charge is 0.312 e. The van der Waals surface area contributed by atoms with E-state index in [9.17, 15) is 4.79 Å². The molecule has 1 saturated carbocycles. The van der Waals surface area contributed by atoms with Crippen molar-refractivity contribution in [2.75, 3.05) is 0 Å². The van der Waals surface area contributed by atoms with Crippen molar-refractivity contribution >= 4 is 5.97 Å². The highest BCUT2D eigenvalue weighted by molar-refractivity contribution is 5.80. The summed E-state index contributed by atoms with van der Waals surface area (Å²) in [4.78, 5) is 11.4. The molecule has 1 heterocycles. The van der Waals surface area contributed by atoms with Crippen LogP contribution >= 0.6 is 0 Å². The van der Waals surface area contributed by atoms with Gasteiger partial charge in [0, 0.05) is 5.92 Å². The van der Waals surface area contributed by atoms with E-state index in [1.807, 2.05) is 0 Å². The van der Waals surface area contributed by atoms with Crippen molar-refractivity contribution in [2.45, 2.75) is 33.2 Å². The Labute approximate surface area is 83.8 Å². The molecular weight excluding hydrogens is 180 g/mol. The summed E-state index contributed by atoms with van der Waals surface area (Å²) in [6, 6.07) is 0. The highest BCUT2D eigenvalue weighted by atomic mass is 16.7. The number of carbonyl (C=O) groups is 1. The second-order valence-corrected chi connectivity index (χ2v) is 4.58. The van der Waals surface area contributed by atoms with Gasteiger partial charge in [-0.25, -0.2) is 0 Å². The molecule has 3 nitrogen and oxygen atoms in total. The standard InChI is InChI=1S/C11H14O3/c1-5-6(2)13-10-8-7(9(12)14-10)11(8,3)4/h1,6-8,10H,2-4H3/t6?,7-,8+,10+/m0/s1. The fourth-order valence-electron chi connectivity index (χ4n) is 2.25. The number of hydrogen-bond acceptors (Lipinski definition) is 3. The van der Waals surface area contributed by atoms with Crippen LogP contribution in [0.5, 0.6) is 0 Å². The first kappa shape index (κ1) is 9.54. The minimum absolute atomic E-state index is 0.0116. The lowest BCUT2D eigenvalue weighted by molar-refractivity contribution is -0.179. The van der Waals surface area contributed by atoms with Gasteiger partial charge in [0.1, 0.15) is 6.10 Å². The summed E-state index contributed by atoms with van der Waals surface area (Å²) in [5.41, 5.74) is 0.0221. The van der Waals surface area contributed by atoms with Gasteiger partial charge in [0.05, 0.1) is 5.92 Å². The quantitative estimate of drug-likeness (QED) is 0.489. The molecule has 0 N–H and O–H groups in total. The number of cyclic esters (lactones) is 1. The molecule has 0 spiro atoms. The zero-order chi connectivity index (χ0) is 10.5. The molecule has 3 heteroatoms. The van der Waals surface area contributed by atoms with Gasteiger partial charge in [0.2, 0.25) is 6.29 Å². The molecule has 0 aromatic rings. The van der Waals surface area contributed by atoms with Gasteiger partial charge in [0.25, 0.3) is 0 Å². The molecule has 1 aliphatic carbocycles. The molecule has 2 rings (SSSR count). The fourth-order valence-corrected chi connectivity index (χ4v) is 2.25. The molecule has 14 heavy (non-hydrogen) atoms. The molecule has 2 fully saturated rings. The predicted molar refractivity (Wildman–Crippen MR) is 50.0 cm³/mol. The fraction of sp³-hybridized carbons (Fsp3) is 0.727. The molecular formula is C11H14O3. The van der Waals surface area contributed by atoms with Gasteiger partial charge in [-0.2, -0.15) is 0 Å². The van der Waals surface area contributed by atoms with Crippen LogP contribution in [-0.2, 0) is 14.3 Å². The average Bonchev–Trinajstić information content (AvgIpc) is 2.47. The van der Waals surface area contributed by atoms with Crippen molar-refractivity contribution in [3.05, 3.63) is 0 Å². The Morgan fingerprint density at radius 3 is 2.71 bits per heavy atom. The summed E-state index contributed by atoms with van der Waals surface area (Å²) >= 11 is 0. The number of rotatable bonds is 2. The maximum absolute atomic E-state index is 11.4. The minimum Gasteiger partial charge on any atom is -0.435 e. The Kier molecular flexibility index (Phi) is 1.87. The van der Waals surface area contributed by atoms with Crippen LogP contribution in [0.2, 0.25) is 0 Å². The maximum atomic E-state index is 11.4. The highest BCUT2D eigenvalue weighted by Crippen LogP contribution is 2.64. The number of fused-ring (bicyclic) bond motifs is 1. The summed E-state index contributed by atoms with van der Waals surface area (Å²) in [6.07, 6.45) is 4.46.